The summed E-state index contributed by atoms with van der Waals surface area (Å²) in [5.41, 5.74) is 3.29. The first-order valence-electron chi connectivity index (χ1n) is 4.05. The molecule has 12 heavy (non-hydrogen) atoms. The monoisotopic (exact) mass is 162 g/mol. The van der Waals surface area contributed by atoms with Gasteiger partial charge in [-0.15, -0.1) is 6.58 Å². The van der Waals surface area contributed by atoms with Gasteiger partial charge < -0.3 is 5.11 Å². The van der Waals surface area contributed by atoms with E-state index >= 15 is 0 Å². The number of rotatable bonds is 2. The van der Waals surface area contributed by atoms with E-state index in [1.165, 1.54) is 5.56 Å². The van der Waals surface area contributed by atoms with Gasteiger partial charge in [-0.25, -0.2) is 0 Å². The maximum atomic E-state index is 9.37. The van der Waals surface area contributed by atoms with Crippen molar-refractivity contribution in [2.45, 2.75) is 20.3 Å². The predicted octanol–water partition coefficient (Wildman–Crippen LogP) is 2.74. The fourth-order valence-electron chi connectivity index (χ4n) is 1.24. The molecule has 0 aliphatic heterocycles. The molecule has 1 nitrogen and oxygen atoms in total. The van der Waals surface area contributed by atoms with E-state index in [2.05, 4.69) is 6.58 Å². The van der Waals surface area contributed by atoms with Crippen molar-refractivity contribution in [2.24, 2.45) is 0 Å². The van der Waals surface area contributed by atoms with E-state index in [1.807, 2.05) is 26.0 Å². The topological polar surface area (TPSA) is 20.2 Å². The molecule has 0 saturated heterocycles. The highest BCUT2D eigenvalue weighted by Crippen LogP contribution is 2.21. The molecule has 1 rings (SSSR count). The van der Waals surface area contributed by atoms with E-state index in [1.54, 1.807) is 6.07 Å². The van der Waals surface area contributed by atoms with Crippen LogP contribution in [0.25, 0.3) is 0 Å². The second-order valence-electron chi connectivity index (χ2n) is 3.06. The molecule has 1 heteroatoms. The van der Waals surface area contributed by atoms with E-state index in [0.717, 1.165) is 17.5 Å². The SMILES string of the molecule is C=CCc1cc(C)c(O)cc1C. The molecule has 0 spiro atoms. The molecule has 0 atom stereocenters. The van der Waals surface area contributed by atoms with Crippen LogP contribution < -0.4 is 0 Å². The quantitative estimate of drug-likeness (QED) is 0.663. The lowest BCUT2D eigenvalue weighted by atomic mass is 10.0. The van der Waals surface area contributed by atoms with Crippen LogP contribution in [-0.4, -0.2) is 5.11 Å². The van der Waals surface area contributed by atoms with Crippen molar-refractivity contribution in [1.29, 1.82) is 0 Å². The summed E-state index contributed by atoms with van der Waals surface area (Å²) >= 11 is 0. The average Bonchev–Trinajstić information content (AvgIpc) is 2.01. The summed E-state index contributed by atoms with van der Waals surface area (Å²) in [7, 11) is 0. The maximum Gasteiger partial charge on any atom is 0.118 e. The van der Waals surface area contributed by atoms with Gasteiger partial charge in [0.2, 0.25) is 0 Å². The summed E-state index contributed by atoms with van der Waals surface area (Å²) in [4.78, 5) is 0. The van der Waals surface area contributed by atoms with Crippen LogP contribution in [0.5, 0.6) is 5.75 Å². The van der Waals surface area contributed by atoms with Crippen molar-refractivity contribution in [1.82, 2.24) is 0 Å². The van der Waals surface area contributed by atoms with Gasteiger partial charge in [0, 0.05) is 0 Å². The predicted molar refractivity (Wildman–Crippen MR) is 51.5 cm³/mol. The summed E-state index contributed by atoms with van der Waals surface area (Å²) in [6, 6.07) is 3.81. The molecule has 0 radical (unpaired) electrons. The fourth-order valence-corrected chi connectivity index (χ4v) is 1.24. The molecule has 0 heterocycles. The summed E-state index contributed by atoms with van der Waals surface area (Å²) in [5.74, 6) is 0.375. The second-order valence-corrected chi connectivity index (χ2v) is 3.06. The summed E-state index contributed by atoms with van der Waals surface area (Å²) in [6.45, 7) is 7.59. The van der Waals surface area contributed by atoms with Crippen molar-refractivity contribution >= 4 is 0 Å². The molecule has 64 valence electrons. The van der Waals surface area contributed by atoms with E-state index in [4.69, 9.17) is 0 Å². The first kappa shape index (κ1) is 8.85. The third kappa shape index (κ3) is 1.67. The zero-order valence-corrected chi connectivity index (χ0v) is 7.59. The molecule has 0 bridgehead atoms. The maximum absolute atomic E-state index is 9.37. The first-order valence-corrected chi connectivity index (χ1v) is 4.05. The lowest BCUT2D eigenvalue weighted by molar-refractivity contribution is 0.470. The Kier molecular flexibility index (Phi) is 2.54. The van der Waals surface area contributed by atoms with Gasteiger partial charge in [0.15, 0.2) is 0 Å². The van der Waals surface area contributed by atoms with Crippen molar-refractivity contribution in [3.05, 3.63) is 41.5 Å². The average molecular weight is 162 g/mol. The van der Waals surface area contributed by atoms with Crippen LogP contribution in [0.1, 0.15) is 16.7 Å². The van der Waals surface area contributed by atoms with E-state index in [0.29, 0.717) is 5.75 Å². The van der Waals surface area contributed by atoms with E-state index < -0.39 is 0 Å². The summed E-state index contributed by atoms with van der Waals surface area (Å²) < 4.78 is 0. The minimum atomic E-state index is 0.375. The molecule has 0 aliphatic carbocycles. The normalized spacial score (nSPS) is 9.83. The third-order valence-corrected chi connectivity index (χ3v) is 2.02. The molecule has 0 unspecified atom stereocenters. The third-order valence-electron chi connectivity index (χ3n) is 2.02. The summed E-state index contributed by atoms with van der Waals surface area (Å²) in [6.07, 6.45) is 2.74. The number of phenolic OH excluding ortho intramolecular Hbond substituents is 1. The van der Waals surface area contributed by atoms with Crippen molar-refractivity contribution in [3.63, 3.8) is 0 Å². The first-order chi connectivity index (χ1) is 5.65. The molecular formula is C11H14O. The second kappa shape index (κ2) is 3.44. The Hall–Kier alpha value is -1.24. The minimum absolute atomic E-state index is 0.375. The van der Waals surface area contributed by atoms with Crippen LogP contribution in [0.3, 0.4) is 0 Å². The highest BCUT2D eigenvalue weighted by Gasteiger charge is 2.00. The van der Waals surface area contributed by atoms with Crippen molar-refractivity contribution in [3.8, 4) is 5.75 Å². The van der Waals surface area contributed by atoms with Gasteiger partial charge in [0.1, 0.15) is 5.75 Å². The molecule has 0 amide bonds. The molecule has 0 saturated carbocycles. The van der Waals surface area contributed by atoms with Gasteiger partial charge in [-0.2, -0.15) is 0 Å². The van der Waals surface area contributed by atoms with Crippen LogP contribution >= 0.6 is 0 Å². The molecule has 0 aromatic heterocycles. The van der Waals surface area contributed by atoms with Crippen LogP contribution in [0.2, 0.25) is 0 Å². The van der Waals surface area contributed by atoms with Crippen LogP contribution in [-0.2, 0) is 6.42 Å². The molecule has 0 aliphatic rings. The van der Waals surface area contributed by atoms with Crippen LogP contribution in [0.15, 0.2) is 24.8 Å². The fraction of sp³-hybridized carbons (Fsp3) is 0.273. The largest absolute Gasteiger partial charge is 0.508 e. The van der Waals surface area contributed by atoms with Gasteiger partial charge >= 0.3 is 0 Å². The van der Waals surface area contributed by atoms with Gasteiger partial charge in [-0.05, 0) is 43.0 Å². The highest BCUT2D eigenvalue weighted by molar-refractivity contribution is 5.41. The molecule has 1 aromatic carbocycles. The van der Waals surface area contributed by atoms with Crippen LogP contribution in [0, 0.1) is 13.8 Å². The number of phenols is 1. The molecule has 0 fully saturated rings. The zero-order valence-electron chi connectivity index (χ0n) is 7.59. The lowest BCUT2D eigenvalue weighted by Crippen LogP contribution is -1.88. The summed E-state index contributed by atoms with van der Waals surface area (Å²) in [5, 5.41) is 9.37. The van der Waals surface area contributed by atoms with E-state index in [9.17, 15) is 5.11 Å². The Labute approximate surface area is 73.4 Å². The van der Waals surface area contributed by atoms with Crippen molar-refractivity contribution < 1.29 is 5.11 Å². The minimum Gasteiger partial charge on any atom is -0.508 e. The lowest BCUT2D eigenvalue weighted by Gasteiger charge is -2.06. The smallest absolute Gasteiger partial charge is 0.118 e. The van der Waals surface area contributed by atoms with Gasteiger partial charge in [0.05, 0.1) is 0 Å². The number of aromatic hydroxyl groups is 1. The number of benzene rings is 1. The Bertz CT molecular complexity index is 300. The van der Waals surface area contributed by atoms with Gasteiger partial charge in [0.25, 0.3) is 0 Å². The Morgan fingerprint density at radius 1 is 1.33 bits per heavy atom. The molecule has 1 aromatic rings. The zero-order chi connectivity index (χ0) is 9.14. The number of aryl methyl sites for hydroxylation is 2. The Balaban J connectivity index is 3.13. The number of allylic oxidation sites excluding steroid dienone is 1. The van der Waals surface area contributed by atoms with E-state index in [-0.39, 0.29) is 0 Å². The Morgan fingerprint density at radius 3 is 2.58 bits per heavy atom. The highest BCUT2D eigenvalue weighted by atomic mass is 16.3. The van der Waals surface area contributed by atoms with Gasteiger partial charge in [-0.3, -0.25) is 0 Å². The van der Waals surface area contributed by atoms with Crippen LogP contribution in [0.4, 0.5) is 0 Å². The number of hydrogen-bond donors (Lipinski definition) is 1. The molecule has 1 N–H and O–H groups in total. The Morgan fingerprint density at radius 2 is 2.00 bits per heavy atom. The molecular weight excluding hydrogens is 148 g/mol. The standard InChI is InChI=1S/C11H14O/c1-4-5-10-6-9(3)11(12)7-8(10)2/h4,6-7,12H,1,5H2,2-3H3. The number of hydrogen-bond acceptors (Lipinski definition) is 1. The van der Waals surface area contributed by atoms with Crippen molar-refractivity contribution in [2.75, 3.05) is 0 Å². The van der Waals surface area contributed by atoms with Gasteiger partial charge in [-0.1, -0.05) is 12.1 Å².